The number of oxazole rings is 1. The summed E-state index contributed by atoms with van der Waals surface area (Å²) < 4.78 is 7.18. The Labute approximate surface area is 120 Å². The summed E-state index contributed by atoms with van der Waals surface area (Å²) in [5, 5.41) is 6.10. The zero-order chi connectivity index (χ0) is 14.1. The van der Waals surface area contributed by atoms with E-state index in [4.69, 9.17) is 4.42 Å². The van der Waals surface area contributed by atoms with Crippen LogP contribution in [0.2, 0.25) is 0 Å². The molecule has 3 rings (SSSR count). The lowest BCUT2D eigenvalue weighted by Crippen LogP contribution is -1.94. The van der Waals surface area contributed by atoms with E-state index in [1.807, 2.05) is 7.05 Å². The maximum atomic E-state index is 5.43. The van der Waals surface area contributed by atoms with E-state index in [0.717, 1.165) is 33.3 Å². The van der Waals surface area contributed by atoms with Crippen molar-refractivity contribution < 1.29 is 4.42 Å². The van der Waals surface area contributed by atoms with Crippen molar-refractivity contribution in [2.45, 2.75) is 30.5 Å². The van der Waals surface area contributed by atoms with Crippen LogP contribution in [0.25, 0.3) is 11.0 Å². The Balaban J connectivity index is 1.85. The zero-order valence-corrected chi connectivity index (χ0v) is 12.4. The molecule has 20 heavy (non-hydrogen) atoms. The van der Waals surface area contributed by atoms with E-state index in [-0.39, 0.29) is 0 Å². The summed E-state index contributed by atoms with van der Waals surface area (Å²) in [5.74, 6) is 2.00. The van der Waals surface area contributed by atoms with Gasteiger partial charge in [0.1, 0.15) is 17.1 Å². The van der Waals surface area contributed by atoms with Gasteiger partial charge in [-0.15, -0.1) is 0 Å². The van der Waals surface area contributed by atoms with E-state index in [1.165, 1.54) is 6.39 Å². The Morgan fingerprint density at radius 3 is 2.95 bits per heavy atom. The number of thioether (sulfide) groups is 1. The molecule has 0 amide bonds. The molecule has 0 bridgehead atoms. The van der Waals surface area contributed by atoms with E-state index in [0.29, 0.717) is 5.92 Å². The number of rotatable bonds is 4. The van der Waals surface area contributed by atoms with Crippen LogP contribution in [0.4, 0.5) is 0 Å². The predicted octanol–water partition coefficient (Wildman–Crippen LogP) is 2.77. The summed E-state index contributed by atoms with van der Waals surface area (Å²) in [6, 6.07) is 0. The highest BCUT2D eigenvalue weighted by molar-refractivity contribution is 7.98. The average Bonchev–Trinajstić information content (AvgIpc) is 3.04. The number of fused-ring (bicyclic) bond motifs is 1. The lowest BCUT2D eigenvalue weighted by molar-refractivity contribution is 0.480. The van der Waals surface area contributed by atoms with Crippen LogP contribution in [-0.2, 0) is 12.8 Å². The summed E-state index contributed by atoms with van der Waals surface area (Å²) in [5.41, 5.74) is 1.81. The molecule has 0 atom stereocenters. The lowest BCUT2D eigenvalue weighted by atomic mass is 10.1. The second-order valence-electron chi connectivity index (χ2n) is 4.79. The fourth-order valence-corrected chi connectivity index (χ4v) is 2.96. The first-order valence-corrected chi connectivity index (χ1v) is 7.33. The van der Waals surface area contributed by atoms with Gasteiger partial charge in [0.2, 0.25) is 0 Å². The Kier molecular flexibility index (Phi) is 3.43. The van der Waals surface area contributed by atoms with E-state index < -0.39 is 0 Å². The summed E-state index contributed by atoms with van der Waals surface area (Å²) in [4.78, 5) is 12.9. The maximum Gasteiger partial charge on any atom is 0.181 e. The van der Waals surface area contributed by atoms with Gasteiger partial charge in [-0.25, -0.2) is 15.0 Å². The molecule has 7 heteroatoms. The molecule has 0 radical (unpaired) electrons. The van der Waals surface area contributed by atoms with Crippen molar-refractivity contribution in [1.82, 2.24) is 24.7 Å². The Morgan fingerprint density at radius 2 is 2.15 bits per heavy atom. The van der Waals surface area contributed by atoms with E-state index >= 15 is 0 Å². The molecule has 0 aliphatic rings. The first kappa shape index (κ1) is 13.1. The minimum absolute atomic E-state index is 0.330. The Hall–Kier alpha value is -1.89. The summed E-state index contributed by atoms with van der Waals surface area (Å²) >= 11 is 1.63. The standard InChI is InChI=1S/C13H15N5OS/c1-8(2)11-10(16-7-19-11)5-20-13-9-4-17-18(3)12(9)14-6-15-13/h4,6-8H,5H2,1-3H3. The normalized spacial score (nSPS) is 11.6. The molecule has 0 aliphatic carbocycles. The number of hydrogen-bond acceptors (Lipinski definition) is 6. The van der Waals surface area contributed by atoms with Crippen molar-refractivity contribution in [3.63, 3.8) is 0 Å². The first-order chi connectivity index (χ1) is 9.66. The molecule has 0 unspecified atom stereocenters. The molecule has 3 aromatic heterocycles. The maximum absolute atomic E-state index is 5.43. The van der Waals surface area contributed by atoms with Gasteiger partial charge in [0.25, 0.3) is 0 Å². The number of hydrogen-bond donors (Lipinski definition) is 0. The van der Waals surface area contributed by atoms with Crippen LogP contribution in [0.1, 0.15) is 31.2 Å². The third-order valence-electron chi connectivity index (χ3n) is 3.04. The van der Waals surface area contributed by atoms with Crippen LogP contribution in [0.5, 0.6) is 0 Å². The molecule has 0 aliphatic heterocycles. The van der Waals surface area contributed by atoms with Crippen LogP contribution in [0.3, 0.4) is 0 Å². The zero-order valence-electron chi connectivity index (χ0n) is 11.6. The molecular formula is C13H15N5OS. The molecule has 0 saturated carbocycles. The van der Waals surface area contributed by atoms with Gasteiger partial charge in [-0.3, -0.25) is 4.68 Å². The van der Waals surface area contributed by atoms with Crippen LogP contribution < -0.4 is 0 Å². The second kappa shape index (κ2) is 5.24. The fourth-order valence-electron chi connectivity index (χ4n) is 2.05. The van der Waals surface area contributed by atoms with Crippen molar-refractivity contribution in [2.75, 3.05) is 0 Å². The van der Waals surface area contributed by atoms with Crippen LogP contribution in [-0.4, -0.2) is 24.7 Å². The topological polar surface area (TPSA) is 69.6 Å². The molecule has 0 fully saturated rings. The van der Waals surface area contributed by atoms with Crippen molar-refractivity contribution in [2.24, 2.45) is 7.05 Å². The highest BCUT2D eigenvalue weighted by Crippen LogP contribution is 2.29. The monoisotopic (exact) mass is 289 g/mol. The van der Waals surface area contributed by atoms with Crippen LogP contribution in [0, 0.1) is 0 Å². The molecule has 0 aromatic carbocycles. The average molecular weight is 289 g/mol. The van der Waals surface area contributed by atoms with E-state index in [9.17, 15) is 0 Å². The molecule has 0 spiro atoms. The molecule has 3 aromatic rings. The minimum Gasteiger partial charge on any atom is -0.448 e. The van der Waals surface area contributed by atoms with Crippen molar-refractivity contribution in [3.8, 4) is 0 Å². The second-order valence-corrected chi connectivity index (χ2v) is 5.76. The predicted molar refractivity (Wildman–Crippen MR) is 76.5 cm³/mol. The van der Waals surface area contributed by atoms with Crippen molar-refractivity contribution in [3.05, 3.63) is 30.4 Å². The number of aryl methyl sites for hydroxylation is 1. The number of aromatic nitrogens is 5. The SMILES string of the molecule is CC(C)c1ocnc1CSc1ncnc2c1cnn2C. The third-order valence-corrected chi connectivity index (χ3v) is 4.05. The fraction of sp³-hybridized carbons (Fsp3) is 0.385. The van der Waals surface area contributed by atoms with E-state index in [2.05, 4.69) is 33.9 Å². The summed E-state index contributed by atoms with van der Waals surface area (Å²) in [6.07, 6.45) is 4.87. The lowest BCUT2D eigenvalue weighted by Gasteiger charge is -2.04. The van der Waals surface area contributed by atoms with Crippen molar-refractivity contribution in [1.29, 1.82) is 0 Å². The summed E-state index contributed by atoms with van der Waals surface area (Å²) in [7, 11) is 1.87. The molecule has 104 valence electrons. The molecule has 6 nitrogen and oxygen atoms in total. The van der Waals surface area contributed by atoms with Gasteiger partial charge in [-0.05, 0) is 0 Å². The third kappa shape index (κ3) is 2.29. The molecule has 3 heterocycles. The van der Waals surface area contributed by atoms with Crippen LogP contribution >= 0.6 is 11.8 Å². The van der Waals surface area contributed by atoms with Gasteiger partial charge in [-0.2, -0.15) is 5.10 Å². The largest absolute Gasteiger partial charge is 0.448 e. The van der Waals surface area contributed by atoms with Gasteiger partial charge >= 0.3 is 0 Å². The van der Waals surface area contributed by atoms with Crippen molar-refractivity contribution >= 4 is 22.8 Å². The Bertz CT molecular complexity index is 733. The van der Waals surface area contributed by atoms with Gasteiger partial charge in [0.05, 0.1) is 17.3 Å². The molecular weight excluding hydrogens is 274 g/mol. The Morgan fingerprint density at radius 1 is 1.30 bits per heavy atom. The van der Waals surface area contributed by atoms with Gasteiger partial charge < -0.3 is 4.42 Å². The highest BCUT2D eigenvalue weighted by Gasteiger charge is 2.14. The smallest absolute Gasteiger partial charge is 0.181 e. The minimum atomic E-state index is 0.330. The van der Waals surface area contributed by atoms with Gasteiger partial charge in [0, 0.05) is 18.7 Å². The number of nitrogens with zero attached hydrogens (tertiary/aromatic N) is 5. The quantitative estimate of drug-likeness (QED) is 0.543. The van der Waals surface area contributed by atoms with Gasteiger partial charge in [-0.1, -0.05) is 25.6 Å². The highest BCUT2D eigenvalue weighted by atomic mass is 32.2. The van der Waals surface area contributed by atoms with Crippen LogP contribution in [0.15, 0.2) is 28.4 Å². The molecule has 0 N–H and O–H groups in total. The molecule has 0 saturated heterocycles. The first-order valence-electron chi connectivity index (χ1n) is 6.34. The van der Waals surface area contributed by atoms with Gasteiger partial charge in [0.15, 0.2) is 12.0 Å². The summed E-state index contributed by atoms with van der Waals surface area (Å²) in [6.45, 7) is 4.19. The van der Waals surface area contributed by atoms with E-state index in [1.54, 1.807) is 29.0 Å².